The highest BCUT2D eigenvalue weighted by molar-refractivity contribution is 5.69. The third-order valence-corrected chi connectivity index (χ3v) is 9.56. The first-order chi connectivity index (χ1) is 30.4. The van der Waals surface area contributed by atoms with Gasteiger partial charge >= 0.3 is 5.97 Å². The van der Waals surface area contributed by atoms with Crippen LogP contribution in [0.1, 0.15) is 129 Å². The van der Waals surface area contributed by atoms with Gasteiger partial charge in [0.2, 0.25) is 0 Å². The molecule has 348 valence electrons. The molecule has 0 bridgehead atoms. The quantitative estimate of drug-likeness (QED) is 0.0273. The summed E-state index contributed by atoms with van der Waals surface area (Å²) >= 11 is 0. The Morgan fingerprint density at radius 1 is 0.516 bits per heavy atom. The monoisotopic (exact) mass is 863 g/mol. The molecule has 0 radical (unpaired) electrons. The van der Waals surface area contributed by atoms with E-state index in [9.17, 15) is 25.2 Å². The summed E-state index contributed by atoms with van der Waals surface area (Å²) in [5.41, 5.74) is 0. The summed E-state index contributed by atoms with van der Waals surface area (Å²) in [4.78, 5) is 12.8. The molecular weight excluding hydrogens is 781 g/mol. The van der Waals surface area contributed by atoms with Gasteiger partial charge in [-0.2, -0.15) is 0 Å². The predicted octanol–water partition coefficient (Wildman–Crippen LogP) is 10.9. The van der Waals surface area contributed by atoms with Crippen molar-refractivity contribution in [3.63, 3.8) is 0 Å². The summed E-state index contributed by atoms with van der Waals surface area (Å²) in [7, 11) is 0. The number of aliphatic hydroxyl groups excluding tert-OH is 4. The third kappa shape index (κ3) is 33.0. The fourth-order valence-corrected chi connectivity index (χ4v) is 5.99. The van der Waals surface area contributed by atoms with Crippen molar-refractivity contribution in [1.29, 1.82) is 0 Å². The van der Waals surface area contributed by atoms with Crippen LogP contribution >= 0.6 is 0 Å². The zero-order valence-electron chi connectivity index (χ0n) is 38.1. The van der Waals surface area contributed by atoms with Crippen molar-refractivity contribution in [1.82, 2.24) is 0 Å². The molecule has 9 heteroatoms. The van der Waals surface area contributed by atoms with E-state index in [-0.39, 0.29) is 25.6 Å². The van der Waals surface area contributed by atoms with Crippen LogP contribution in [-0.4, -0.2) is 89.6 Å². The minimum absolute atomic E-state index is 0.0869. The summed E-state index contributed by atoms with van der Waals surface area (Å²) < 4.78 is 22.7. The fourth-order valence-electron chi connectivity index (χ4n) is 5.99. The fraction of sp³-hybridized carbons (Fsp3) is 0.566. The molecule has 62 heavy (non-hydrogen) atoms. The molecule has 0 aliphatic carbocycles. The maximum atomic E-state index is 12.8. The lowest BCUT2D eigenvalue weighted by Crippen LogP contribution is -2.59. The second-order valence-electron chi connectivity index (χ2n) is 15.1. The van der Waals surface area contributed by atoms with Crippen molar-refractivity contribution in [2.75, 3.05) is 26.4 Å². The van der Waals surface area contributed by atoms with Gasteiger partial charge in [0.1, 0.15) is 30.5 Å². The minimum atomic E-state index is -1.56. The highest BCUT2D eigenvalue weighted by atomic mass is 16.7. The lowest BCUT2D eigenvalue weighted by atomic mass is 9.99. The molecule has 0 aromatic heterocycles. The standard InChI is InChI=1S/C53H82O9/c1-3-5-7-9-11-13-15-17-19-20-21-22-23-24-25-26-27-29-31-33-35-37-39-41-43-59-45-47(46-60-53-52(58)51(57)50(56)48(44-54)62-53)61-49(55)42-40-38-36-34-32-30-28-18-16-14-12-10-8-6-4-2/h5-8,11-14,17-19,21-22,24-25,27-29,32-35,47-48,50-54,56-58H,3-4,9-10,15-16,20,23,26,30-31,36-46H2,1-2H3/b7-5-,8-6-,13-11-,14-12-,19-17-,22-21-,25-24-,28-18-,29-27-,34-32-,35-33-. The second-order valence-corrected chi connectivity index (χ2v) is 15.1. The predicted molar refractivity (Wildman–Crippen MR) is 255 cm³/mol. The van der Waals surface area contributed by atoms with E-state index in [4.69, 9.17) is 18.9 Å². The topological polar surface area (TPSA) is 135 Å². The number of unbranched alkanes of at least 4 members (excludes halogenated alkanes) is 4. The number of esters is 1. The molecule has 1 heterocycles. The van der Waals surface area contributed by atoms with E-state index in [1.54, 1.807) is 0 Å². The Morgan fingerprint density at radius 2 is 0.919 bits per heavy atom. The number of hydrogen-bond acceptors (Lipinski definition) is 9. The first kappa shape index (κ1) is 56.3. The molecule has 0 aromatic carbocycles. The molecule has 0 amide bonds. The smallest absolute Gasteiger partial charge is 0.306 e. The van der Waals surface area contributed by atoms with E-state index in [1.165, 1.54) is 0 Å². The van der Waals surface area contributed by atoms with E-state index in [0.717, 1.165) is 103 Å². The highest BCUT2D eigenvalue weighted by Gasteiger charge is 2.44. The maximum Gasteiger partial charge on any atom is 0.306 e. The van der Waals surface area contributed by atoms with E-state index in [2.05, 4.69) is 148 Å². The summed E-state index contributed by atoms with van der Waals surface area (Å²) in [5.74, 6) is -0.377. The van der Waals surface area contributed by atoms with Crippen molar-refractivity contribution in [2.45, 2.75) is 166 Å². The number of ether oxygens (including phenoxy) is 4. The van der Waals surface area contributed by atoms with E-state index in [1.807, 2.05) is 0 Å². The Hall–Kier alpha value is -3.67. The highest BCUT2D eigenvalue weighted by Crippen LogP contribution is 2.22. The molecule has 0 saturated carbocycles. The zero-order chi connectivity index (χ0) is 45.0. The molecule has 1 aliphatic rings. The molecule has 1 fully saturated rings. The van der Waals surface area contributed by atoms with Crippen molar-refractivity contribution >= 4 is 5.97 Å². The largest absolute Gasteiger partial charge is 0.457 e. The van der Waals surface area contributed by atoms with Gasteiger partial charge in [-0.05, 0) is 109 Å². The Kier molecular flexibility index (Phi) is 38.7. The Labute approximate surface area is 375 Å². The van der Waals surface area contributed by atoms with Crippen LogP contribution in [0.15, 0.2) is 134 Å². The van der Waals surface area contributed by atoms with Crippen LogP contribution in [0.2, 0.25) is 0 Å². The van der Waals surface area contributed by atoms with Crippen LogP contribution in [0.25, 0.3) is 0 Å². The van der Waals surface area contributed by atoms with Gasteiger partial charge in [0, 0.05) is 13.0 Å². The van der Waals surface area contributed by atoms with Crippen molar-refractivity contribution in [3.8, 4) is 0 Å². The lowest BCUT2D eigenvalue weighted by molar-refractivity contribution is -0.305. The molecule has 0 aromatic rings. The Bertz CT molecular complexity index is 1400. The van der Waals surface area contributed by atoms with Crippen LogP contribution < -0.4 is 0 Å². The van der Waals surface area contributed by atoms with E-state index < -0.39 is 43.4 Å². The molecule has 9 nitrogen and oxygen atoms in total. The first-order valence-electron chi connectivity index (χ1n) is 23.3. The van der Waals surface area contributed by atoms with Gasteiger partial charge in [0.15, 0.2) is 6.29 Å². The van der Waals surface area contributed by atoms with Crippen LogP contribution in [0.5, 0.6) is 0 Å². The molecule has 6 atom stereocenters. The minimum Gasteiger partial charge on any atom is -0.457 e. The van der Waals surface area contributed by atoms with Gasteiger partial charge in [-0.25, -0.2) is 0 Å². The lowest BCUT2D eigenvalue weighted by Gasteiger charge is -2.39. The van der Waals surface area contributed by atoms with Crippen molar-refractivity contribution in [3.05, 3.63) is 134 Å². The molecule has 1 rings (SSSR count). The maximum absolute atomic E-state index is 12.8. The molecule has 0 spiro atoms. The SMILES string of the molecule is CC/C=C\C/C=C\C/C=C\C/C=C\C/C=C\C/C=C\C/C=C\CCCCOCC(COC1OC(CO)C(O)C(O)C1O)OC(=O)CCCC/C=C\C/C=C\C/C=C\C/C=C\CC. The van der Waals surface area contributed by atoms with Gasteiger partial charge < -0.3 is 39.4 Å². The molecule has 4 N–H and O–H groups in total. The number of hydrogen-bond donors (Lipinski definition) is 4. The Balaban J connectivity index is 2.33. The molecule has 1 saturated heterocycles. The second kappa shape index (κ2) is 42.6. The van der Waals surface area contributed by atoms with Crippen LogP contribution in [0.3, 0.4) is 0 Å². The number of allylic oxidation sites excluding steroid dienone is 22. The van der Waals surface area contributed by atoms with E-state index in [0.29, 0.717) is 13.0 Å². The van der Waals surface area contributed by atoms with Crippen LogP contribution in [0.4, 0.5) is 0 Å². The van der Waals surface area contributed by atoms with Gasteiger partial charge in [-0.15, -0.1) is 0 Å². The summed E-state index contributed by atoms with van der Waals surface area (Å²) in [6, 6.07) is 0. The molecule has 6 unspecified atom stereocenters. The van der Waals surface area contributed by atoms with Crippen LogP contribution in [-0.2, 0) is 23.7 Å². The van der Waals surface area contributed by atoms with Gasteiger partial charge in [-0.1, -0.05) is 148 Å². The third-order valence-electron chi connectivity index (χ3n) is 9.56. The van der Waals surface area contributed by atoms with E-state index >= 15 is 0 Å². The average Bonchev–Trinajstić information content (AvgIpc) is 3.27. The zero-order valence-corrected chi connectivity index (χ0v) is 38.1. The number of carbonyl (C=O) groups excluding carboxylic acids is 1. The number of rotatable bonds is 37. The summed E-state index contributed by atoms with van der Waals surface area (Å²) in [6.45, 7) is 4.12. The summed E-state index contributed by atoms with van der Waals surface area (Å²) in [6.07, 6.45) is 56.3. The normalized spacial score (nSPS) is 21.0. The van der Waals surface area contributed by atoms with Crippen LogP contribution in [0, 0.1) is 0 Å². The van der Waals surface area contributed by atoms with Gasteiger partial charge in [0.25, 0.3) is 0 Å². The molecule has 1 aliphatic heterocycles. The Morgan fingerprint density at radius 3 is 1.34 bits per heavy atom. The van der Waals surface area contributed by atoms with Crippen molar-refractivity contribution in [2.24, 2.45) is 0 Å². The number of carbonyl (C=O) groups is 1. The van der Waals surface area contributed by atoms with Crippen molar-refractivity contribution < 1.29 is 44.2 Å². The number of aliphatic hydroxyl groups is 4. The van der Waals surface area contributed by atoms with Gasteiger partial charge in [-0.3, -0.25) is 4.79 Å². The molecular formula is C53H82O9. The average molecular weight is 863 g/mol. The van der Waals surface area contributed by atoms with Gasteiger partial charge in [0.05, 0.1) is 19.8 Å². The summed E-state index contributed by atoms with van der Waals surface area (Å²) in [5, 5.41) is 40.1. The first-order valence-corrected chi connectivity index (χ1v) is 23.3.